The molecule has 1 aliphatic heterocycles. The molecule has 0 spiro atoms. The zero-order chi connectivity index (χ0) is 13.0. The van der Waals surface area contributed by atoms with Crippen LogP contribution < -0.4 is 5.32 Å². The number of carbonyl (C=O) groups is 1. The lowest BCUT2D eigenvalue weighted by Crippen LogP contribution is -2.31. The Balaban J connectivity index is 1.92. The highest BCUT2D eigenvalue weighted by Crippen LogP contribution is 2.22. The van der Waals surface area contributed by atoms with E-state index in [2.05, 4.69) is 5.32 Å². The minimum Gasteiger partial charge on any atom is -0.316 e. The summed E-state index contributed by atoms with van der Waals surface area (Å²) in [6.45, 7) is 1.95. The van der Waals surface area contributed by atoms with Crippen molar-refractivity contribution in [2.75, 3.05) is 13.1 Å². The zero-order valence-electron chi connectivity index (χ0n) is 10.2. The molecule has 1 fully saturated rings. The van der Waals surface area contributed by atoms with Crippen LogP contribution in [0.25, 0.3) is 0 Å². The van der Waals surface area contributed by atoms with Crippen LogP contribution in [0.15, 0.2) is 18.2 Å². The summed E-state index contributed by atoms with van der Waals surface area (Å²) in [7, 11) is 0. The van der Waals surface area contributed by atoms with Gasteiger partial charge in [-0.15, -0.1) is 0 Å². The predicted molar refractivity (Wildman–Crippen MR) is 70.3 cm³/mol. The van der Waals surface area contributed by atoms with E-state index < -0.39 is 5.82 Å². The molecule has 0 bridgehead atoms. The lowest BCUT2D eigenvalue weighted by molar-refractivity contribution is -0.119. The van der Waals surface area contributed by atoms with Crippen LogP contribution in [-0.2, 0) is 11.2 Å². The SMILES string of the molecule is O=C(Cc1cccc(F)c1Cl)CC1CCCNC1. The van der Waals surface area contributed by atoms with Gasteiger partial charge in [0.1, 0.15) is 11.6 Å². The van der Waals surface area contributed by atoms with Crippen LogP contribution in [0.5, 0.6) is 0 Å². The van der Waals surface area contributed by atoms with Gasteiger partial charge in [-0.3, -0.25) is 4.79 Å². The van der Waals surface area contributed by atoms with Gasteiger partial charge in [-0.1, -0.05) is 23.7 Å². The van der Waals surface area contributed by atoms with Gasteiger partial charge in [0.15, 0.2) is 0 Å². The molecule has 1 saturated heterocycles. The van der Waals surface area contributed by atoms with Crippen molar-refractivity contribution in [2.45, 2.75) is 25.7 Å². The van der Waals surface area contributed by atoms with Crippen LogP contribution >= 0.6 is 11.6 Å². The summed E-state index contributed by atoms with van der Waals surface area (Å²) in [6.07, 6.45) is 3.00. The van der Waals surface area contributed by atoms with Crippen molar-refractivity contribution in [1.29, 1.82) is 0 Å². The molecule has 1 aliphatic rings. The molecule has 2 nitrogen and oxygen atoms in total. The van der Waals surface area contributed by atoms with Gasteiger partial charge in [0, 0.05) is 12.8 Å². The third-order valence-corrected chi connectivity index (χ3v) is 3.76. The molecule has 18 heavy (non-hydrogen) atoms. The standard InChI is InChI=1S/C14H17ClFNO/c15-14-11(4-1-5-13(14)16)8-12(18)7-10-3-2-6-17-9-10/h1,4-5,10,17H,2-3,6-9H2. The fraction of sp³-hybridized carbons (Fsp3) is 0.500. The molecule has 1 unspecified atom stereocenters. The molecule has 98 valence electrons. The number of hydrogen-bond donors (Lipinski definition) is 1. The van der Waals surface area contributed by atoms with E-state index in [1.165, 1.54) is 6.07 Å². The number of rotatable bonds is 4. The minimum atomic E-state index is -0.457. The molecule has 0 aliphatic carbocycles. The van der Waals surface area contributed by atoms with E-state index in [0.717, 1.165) is 25.9 Å². The summed E-state index contributed by atoms with van der Waals surface area (Å²) in [5.74, 6) is 0.0936. The largest absolute Gasteiger partial charge is 0.316 e. The molecule has 0 saturated carbocycles. The zero-order valence-corrected chi connectivity index (χ0v) is 11.0. The predicted octanol–water partition coefficient (Wildman–Crippen LogP) is 2.98. The van der Waals surface area contributed by atoms with Crippen LogP contribution in [0.2, 0.25) is 5.02 Å². The van der Waals surface area contributed by atoms with Crippen LogP contribution in [-0.4, -0.2) is 18.9 Å². The summed E-state index contributed by atoms with van der Waals surface area (Å²) in [6, 6.07) is 4.61. The van der Waals surface area contributed by atoms with Gasteiger partial charge in [-0.25, -0.2) is 4.39 Å². The third-order valence-electron chi connectivity index (χ3n) is 3.33. The molecule has 1 aromatic carbocycles. The summed E-state index contributed by atoms with van der Waals surface area (Å²) >= 11 is 5.84. The number of benzene rings is 1. The number of nitrogens with one attached hydrogen (secondary N) is 1. The number of Topliss-reactive ketones (excluding diaryl/α,β-unsaturated/α-hetero) is 1. The highest BCUT2D eigenvalue weighted by molar-refractivity contribution is 6.31. The van der Waals surface area contributed by atoms with E-state index in [-0.39, 0.29) is 17.2 Å². The van der Waals surface area contributed by atoms with E-state index in [1.54, 1.807) is 12.1 Å². The first-order valence-corrected chi connectivity index (χ1v) is 6.70. The van der Waals surface area contributed by atoms with Crippen molar-refractivity contribution in [1.82, 2.24) is 5.32 Å². The van der Waals surface area contributed by atoms with Gasteiger partial charge in [-0.2, -0.15) is 0 Å². The van der Waals surface area contributed by atoms with Crippen LogP contribution in [0.1, 0.15) is 24.8 Å². The van der Waals surface area contributed by atoms with Crippen molar-refractivity contribution in [2.24, 2.45) is 5.92 Å². The first kappa shape index (κ1) is 13.5. The molecule has 2 rings (SSSR count). The summed E-state index contributed by atoms with van der Waals surface area (Å²) in [4.78, 5) is 11.9. The van der Waals surface area contributed by atoms with Gasteiger partial charge in [-0.05, 0) is 43.5 Å². The maximum absolute atomic E-state index is 13.2. The lowest BCUT2D eigenvalue weighted by atomic mass is 9.92. The fourth-order valence-corrected chi connectivity index (χ4v) is 2.58. The molecule has 0 amide bonds. The first-order chi connectivity index (χ1) is 8.66. The van der Waals surface area contributed by atoms with Crippen molar-refractivity contribution in [3.8, 4) is 0 Å². The van der Waals surface area contributed by atoms with E-state index in [9.17, 15) is 9.18 Å². The highest BCUT2D eigenvalue weighted by Gasteiger charge is 2.18. The van der Waals surface area contributed by atoms with Gasteiger partial charge >= 0.3 is 0 Å². The number of piperidine rings is 1. The van der Waals surface area contributed by atoms with Crippen molar-refractivity contribution < 1.29 is 9.18 Å². The average Bonchev–Trinajstić information content (AvgIpc) is 2.36. The molecule has 0 aromatic heterocycles. The van der Waals surface area contributed by atoms with Gasteiger partial charge < -0.3 is 5.32 Å². The Morgan fingerprint density at radius 3 is 3.06 bits per heavy atom. The molecule has 0 radical (unpaired) electrons. The van der Waals surface area contributed by atoms with E-state index in [1.807, 2.05) is 0 Å². The molecule has 4 heteroatoms. The van der Waals surface area contributed by atoms with Gasteiger partial charge in [0.25, 0.3) is 0 Å². The molecule has 1 heterocycles. The normalized spacial score (nSPS) is 19.8. The quantitative estimate of drug-likeness (QED) is 0.910. The molecular formula is C14H17ClFNO. The second kappa shape index (κ2) is 6.30. The topological polar surface area (TPSA) is 29.1 Å². The van der Waals surface area contributed by atoms with Crippen LogP contribution in [0.3, 0.4) is 0 Å². The van der Waals surface area contributed by atoms with Gasteiger partial charge in [0.2, 0.25) is 0 Å². The van der Waals surface area contributed by atoms with Crippen LogP contribution in [0.4, 0.5) is 4.39 Å². The van der Waals surface area contributed by atoms with Crippen LogP contribution in [0, 0.1) is 11.7 Å². The summed E-state index contributed by atoms with van der Waals surface area (Å²) < 4.78 is 13.2. The first-order valence-electron chi connectivity index (χ1n) is 6.32. The monoisotopic (exact) mass is 269 g/mol. The van der Waals surface area contributed by atoms with Crippen molar-refractivity contribution in [3.05, 3.63) is 34.6 Å². The van der Waals surface area contributed by atoms with Crippen molar-refractivity contribution >= 4 is 17.4 Å². The Morgan fingerprint density at radius 1 is 1.50 bits per heavy atom. The average molecular weight is 270 g/mol. The Labute approximate surface area is 112 Å². The van der Waals surface area contributed by atoms with E-state index in [4.69, 9.17) is 11.6 Å². The maximum atomic E-state index is 13.2. The van der Waals surface area contributed by atoms with Gasteiger partial charge in [0.05, 0.1) is 5.02 Å². The third kappa shape index (κ3) is 3.53. The maximum Gasteiger partial charge on any atom is 0.142 e. The second-order valence-electron chi connectivity index (χ2n) is 4.84. The minimum absolute atomic E-state index is 0.0765. The number of hydrogen-bond acceptors (Lipinski definition) is 2. The lowest BCUT2D eigenvalue weighted by Gasteiger charge is -2.22. The Hall–Kier alpha value is -0.930. The smallest absolute Gasteiger partial charge is 0.142 e. The second-order valence-corrected chi connectivity index (χ2v) is 5.22. The van der Waals surface area contributed by atoms with E-state index >= 15 is 0 Å². The fourth-order valence-electron chi connectivity index (χ4n) is 2.39. The highest BCUT2D eigenvalue weighted by atomic mass is 35.5. The number of ketones is 1. The van der Waals surface area contributed by atoms with Crippen molar-refractivity contribution in [3.63, 3.8) is 0 Å². The molecule has 1 atom stereocenters. The molecule has 1 N–H and O–H groups in total. The van der Waals surface area contributed by atoms with E-state index in [0.29, 0.717) is 17.9 Å². The Bertz CT molecular complexity index is 430. The Kier molecular flexibility index (Phi) is 4.72. The number of halogens is 2. The molecule has 1 aromatic rings. The Morgan fingerprint density at radius 2 is 2.33 bits per heavy atom. The molecular weight excluding hydrogens is 253 g/mol. The summed E-state index contributed by atoms with van der Waals surface area (Å²) in [5, 5.41) is 3.36. The summed E-state index contributed by atoms with van der Waals surface area (Å²) in [5.41, 5.74) is 0.588. The number of carbonyl (C=O) groups excluding carboxylic acids is 1.